The van der Waals surface area contributed by atoms with Gasteiger partial charge in [-0.2, -0.15) is 5.26 Å². The Morgan fingerprint density at radius 3 is 2.94 bits per heavy atom. The molecule has 17 heavy (non-hydrogen) atoms. The molecular weight excluding hydrogens is 214 g/mol. The zero-order chi connectivity index (χ0) is 12.3. The minimum atomic E-state index is -0.0866. The Labute approximate surface area is 99.5 Å². The maximum Gasteiger partial charge on any atom is 0.270 e. The number of carbonyl (C=O) groups is 1. The number of rotatable bonds is 3. The third-order valence-corrected chi connectivity index (χ3v) is 2.67. The fraction of sp³-hybridized carbons (Fsp3) is 0.231. The van der Waals surface area contributed by atoms with Gasteiger partial charge in [-0.15, -0.1) is 0 Å². The van der Waals surface area contributed by atoms with Crippen molar-refractivity contribution in [3.63, 3.8) is 0 Å². The molecule has 0 bridgehead atoms. The molecule has 0 spiro atoms. The number of fused-ring (bicyclic) bond motifs is 1. The van der Waals surface area contributed by atoms with E-state index in [0.29, 0.717) is 18.7 Å². The molecule has 0 aliphatic carbocycles. The van der Waals surface area contributed by atoms with Crippen LogP contribution in [-0.2, 0) is 0 Å². The van der Waals surface area contributed by atoms with E-state index >= 15 is 0 Å². The maximum atomic E-state index is 12.0. The van der Waals surface area contributed by atoms with Gasteiger partial charge in [0.05, 0.1) is 12.5 Å². The van der Waals surface area contributed by atoms with Gasteiger partial charge in [-0.1, -0.05) is 18.2 Å². The van der Waals surface area contributed by atoms with Gasteiger partial charge in [0.15, 0.2) is 0 Å². The average Bonchev–Trinajstić information content (AvgIpc) is 2.78. The van der Waals surface area contributed by atoms with Crippen LogP contribution in [0.4, 0.5) is 0 Å². The van der Waals surface area contributed by atoms with Crippen LogP contribution < -0.4 is 0 Å². The Hall–Kier alpha value is -2.28. The summed E-state index contributed by atoms with van der Waals surface area (Å²) in [5.74, 6) is -0.0866. The number of nitriles is 1. The van der Waals surface area contributed by atoms with Gasteiger partial charge in [0.1, 0.15) is 5.69 Å². The molecule has 4 nitrogen and oxygen atoms in total. The van der Waals surface area contributed by atoms with Gasteiger partial charge >= 0.3 is 0 Å². The van der Waals surface area contributed by atoms with Crippen molar-refractivity contribution in [3.05, 3.63) is 36.0 Å². The van der Waals surface area contributed by atoms with Crippen LogP contribution in [0.25, 0.3) is 10.9 Å². The lowest BCUT2D eigenvalue weighted by Crippen LogP contribution is -2.27. The van der Waals surface area contributed by atoms with Crippen molar-refractivity contribution >= 4 is 16.8 Å². The lowest BCUT2D eigenvalue weighted by molar-refractivity contribution is 0.0793. The first kappa shape index (κ1) is 11.2. The van der Waals surface area contributed by atoms with E-state index < -0.39 is 0 Å². The number of hydrogen-bond donors (Lipinski definition) is 1. The highest BCUT2D eigenvalue weighted by molar-refractivity contribution is 5.97. The number of carbonyl (C=O) groups excluding carboxylic acids is 1. The molecule has 0 aliphatic rings. The maximum absolute atomic E-state index is 12.0. The number of benzene rings is 1. The van der Waals surface area contributed by atoms with E-state index in [0.717, 1.165) is 10.9 Å². The molecule has 0 saturated carbocycles. The van der Waals surface area contributed by atoms with E-state index in [1.807, 2.05) is 36.4 Å². The summed E-state index contributed by atoms with van der Waals surface area (Å²) in [6.45, 7) is 0.449. The zero-order valence-corrected chi connectivity index (χ0v) is 9.60. The lowest BCUT2D eigenvalue weighted by Gasteiger charge is -2.13. The minimum Gasteiger partial charge on any atom is -0.351 e. The van der Waals surface area contributed by atoms with Crippen molar-refractivity contribution in [2.75, 3.05) is 13.6 Å². The number of amides is 1. The molecular formula is C13H13N3O. The third-order valence-electron chi connectivity index (χ3n) is 2.67. The molecule has 0 saturated heterocycles. The molecule has 0 fully saturated rings. The summed E-state index contributed by atoms with van der Waals surface area (Å²) >= 11 is 0. The van der Waals surface area contributed by atoms with Crippen molar-refractivity contribution in [2.45, 2.75) is 6.42 Å². The monoisotopic (exact) mass is 227 g/mol. The average molecular weight is 227 g/mol. The summed E-state index contributed by atoms with van der Waals surface area (Å²) in [4.78, 5) is 16.6. The van der Waals surface area contributed by atoms with Crippen molar-refractivity contribution in [3.8, 4) is 6.07 Å². The van der Waals surface area contributed by atoms with Crippen molar-refractivity contribution in [1.82, 2.24) is 9.88 Å². The Morgan fingerprint density at radius 1 is 1.47 bits per heavy atom. The molecule has 1 N–H and O–H groups in total. The van der Waals surface area contributed by atoms with Crippen LogP contribution in [0, 0.1) is 11.3 Å². The molecule has 4 heteroatoms. The van der Waals surface area contributed by atoms with E-state index in [1.165, 1.54) is 0 Å². The Balaban J connectivity index is 2.22. The first-order chi connectivity index (χ1) is 8.22. The Bertz CT molecular complexity index is 547. The minimum absolute atomic E-state index is 0.0866. The predicted octanol–water partition coefficient (Wildman–Crippen LogP) is 2.15. The standard InChI is InChI=1S/C13H13N3O/c1-16(8-4-7-14)13(17)12-9-10-5-2-3-6-11(10)15-12/h2-3,5-6,9,15H,4,8H2,1H3. The Kier molecular flexibility index (Phi) is 3.10. The molecule has 2 rings (SSSR count). The van der Waals surface area contributed by atoms with Crippen LogP contribution in [-0.4, -0.2) is 29.4 Å². The van der Waals surface area contributed by atoms with Crippen molar-refractivity contribution in [1.29, 1.82) is 5.26 Å². The molecule has 0 atom stereocenters. The molecule has 0 radical (unpaired) electrons. The van der Waals surface area contributed by atoms with Crippen molar-refractivity contribution in [2.24, 2.45) is 0 Å². The quantitative estimate of drug-likeness (QED) is 0.873. The normalized spacial score (nSPS) is 10.1. The molecule has 0 aliphatic heterocycles. The second-order valence-electron chi connectivity index (χ2n) is 3.91. The van der Waals surface area contributed by atoms with Gasteiger partial charge in [-0.05, 0) is 12.1 Å². The fourth-order valence-electron chi connectivity index (χ4n) is 1.71. The highest BCUT2D eigenvalue weighted by atomic mass is 16.2. The first-order valence-electron chi connectivity index (χ1n) is 5.42. The molecule has 1 aromatic heterocycles. The van der Waals surface area contributed by atoms with Crippen LogP contribution in [0.5, 0.6) is 0 Å². The van der Waals surface area contributed by atoms with Crippen LogP contribution in [0.15, 0.2) is 30.3 Å². The summed E-state index contributed by atoms with van der Waals surface area (Å²) in [6.07, 6.45) is 0.350. The largest absolute Gasteiger partial charge is 0.351 e. The number of hydrogen-bond acceptors (Lipinski definition) is 2. The number of nitrogens with one attached hydrogen (secondary N) is 1. The first-order valence-corrected chi connectivity index (χ1v) is 5.42. The number of aromatic amines is 1. The number of nitrogens with zero attached hydrogens (tertiary/aromatic N) is 2. The SMILES string of the molecule is CN(CCC#N)C(=O)c1cc2ccccc2[nH]1. The van der Waals surface area contributed by atoms with Crippen LogP contribution in [0.2, 0.25) is 0 Å². The summed E-state index contributed by atoms with van der Waals surface area (Å²) in [7, 11) is 1.70. The zero-order valence-electron chi connectivity index (χ0n) is 9.60. The second-order valence-corrected chi connectivity index (χ2v) is 3.91. The van der Waals surface area contributed by atoms with Gasteiger partial charge in [0, 0.05) is 24.5 Å². The van der Waals surface area contributed by atoms with Crippen LogP contribution in [0.3, 0.4) is 0 Å². The summed E-state index contributed by atoms with van der Waals surface area (Å²) < 4.78 is 0. The smallest absolute Gasteiger partial charge is 0.270 e. The van der Waals surface area contributed by atoms with Gasteiger partial charge in [0.25, 0.3) is 5.91 Å². The summed E-state index contributed by atoms with van der Waals surface area (Å²) in [6, 6.07) is 11.6. The molecule has 1 aromatic carbocycles. The summed E-state index contributed by atoms with van der Waals surface area (Å²) in [5.41, 5.74) is 1.51. The van der Waals surface area contributed by atoms with E-state index in [1.54, 1.807) is 11.9 Å². The van der Waals surface area contributed by atoms with Crippen LogP contribution in [0.1, 0.15) is 16.9 Å². The lowest BCUT2D eigenvalue weighted by atomic mass is 10.2. The second kappa shape index (κ2) is 4.71. The summed E-state index contributed by atoms with van der Waals surface area (Å²) in [5, 5.41) is 9.50. The van der Waals surface area contributed by atoms with Gasteiger partial charge in [-0.25, -0.2) is 0 Å². The van der Waals surface area contributed by atoms with E-state index in [-0.39, 0.29) is 5.91 Å². The highest BCUT2D eigenvalue weighted by Crippen LogP contribution is 2.15. The van der Waals surface area contributed by atoms with Gasteiger partial charge in [0.2, 0.25) is 0 Å². The molecule has 86 valence electrons. The Morgan fingerprint density at radius 2 is 2.24 bits per heavy atom. The van der Waals surface area contributed by atoms with Crippen LogP contribution >= 0.6 is 0 Å². The third kappa shape index (κ3) is 2.28. The number of para-hydroxylation sites is 1. The van der Waals surface area contributed by atoms with E-state index in [2.05, 4.69) is 4.98 Å². The van der Waals surface area contributed by atoms with E-state index in [9.17, 15) is 4.79 Å². The predicted molar refractivity (Wildman–Crippen MR) is 65.5 cm³/mol. The molecule has 0 unspecified atom stereocenters. The highest BCUT2D eigenvalue weighted by Gasteiger charge is 2.13. The number of aromatic nitrogens is 1. The number of H-pyrrole nitrogens is 1. The molecule has 1 heterocycles. The van der Waals surface area contributed by atoms with E-state index in [4.69, 9.17) is 5.26 Å². The fourth-order valence-corrected chi connectivity index (χ4v) is 1.71. The topological polar surface area (TPSA) is 59.9 Å². The molecule has 1 amide bonds. The van der Waals surface area contributed by atoms with Gasteiger partial charge in [-0.3, -0.25) is 4.79 Å². The van der Waals surface area contributed by atoms with Gasteiger partial charge < -0.3 is 9.88 Å². The molecule has 2 aromatic rings. The van der Waals surface area contributed by atoms with Crippen molar-refractivity contribution < 1.29 is 4.79 Å².